The van der Waals surface area contributed by atoms with E-state index in [2.05, 4.69) is 10.6 Å². The predicted octanol–water partition coefficient (Wildman–Crippen LogP) is 4.25. The summed E-state index contributed by atoms with van der Waals surface area (Å²) in [6.45, 7) is 1.55. The molecule has 0 aliphatic heterocycles. The van der Waals surface area contributed by atoms with E-state index < -0.39 is 17.8 Å². The smallest absolute Gasteiger partial charge is 0.251 e. The molecule has 0 spiro atoms. The molecule has 2 amide bonds. The summed E-state index contributed by atoms with van der Waals surface area (Å²) in [5.41, 5.74) is 2.43. The standard InChI is InChI=1S/C22H19FN2O2/c1-15(21(26)25-20-13-6-5-12-19(20)23)24-22(27)18-11-7-10-17(14-18)16-8-3-2-4-9-16/h2-15H,1H3,(H,24,27)(H,25,26). The fourth-order valence-electron chi connectivity index (χ4n) is 2.62. The number of hydrogen-bond acceptors (Lipinski definition) is 2. The summed E-state index contributed by atoms with van der Waals surface area (Å²) in [6.07, 6.45) is 0. The number of amides is 2. The summed E-state index contributed by atoms with van der Waals surface area (Å²) in [5, 5.41) is 5.12. The fraction of sp³-hybridized carbons (Fsp3) is 0.0909. The molecule has 0 saturated carbocycles. The number of rotatable bonds is 5. The lowest BCUT2D eigenvalue weighted by Crippen LogP contribution is -2.41. The molecule has 0 aliphatic carbocycles. The zero-order chi connectivity index (χ0) is 19.2. The minimum atomic E-state index is -0.822. The zero-order valence-electron chi connectivity index (χ0n) is 14.8. The molecule has 0 heterocycles. The van der Waals surface area contributed by atoms with E-state index in [4.69, 9.17) is 0 Å². The van der Waals surface area contributed by atoms with Crippen molar-refractivity contribution in [1.82, 2.24) is 5.32 Å². The van der Waals surface area contributed by atoms with E-state index in [-0.39, 0.29) is 11.6 Å². The Kier molecular flexibility index (Phi) is 5.61. The largest absolute Gasteiger partial charge is 0.341 e. The second-order valence-electron chi connectivity index (χ2n) is 6.11. The molecular formula is C22H19FN2O2. The van der Waals surface area contributed by atoms with Crippen molar-refractivity contribution < 1.29 is 14.0 Å². The Labute approximate surface area is 157 Å². The monoisotopic (exact) mass is 362 g/mol. The maximum absolute atomic E-state index is 13.6. The van der Waals surface area contributed by atoms with Gasteiger partial charge in [-0.05, 0) is 42.3 Å². The molecule has 4 nitrogen and oxygen atoms in total. The Hall–Kier alpha value is -3.47. The Morgan fingerprint density at radius 2 is 1.52 bits per heavy atom. The van der Waals surface area contributed by atoms with Crippen molar-refractivity contribution in [3.8, 4) is 11.1 Å². The van der Waals surface area contributed by atoms with Crippen LogP contribution in [0.2, 0.25) is 0 Å². The van der Waals surface area contributed by atoms with Gasteiger partial charge in [-0.3, -0.25) is 9.59 Å². The van der Waals surface area contributed by atoms with Crippen LogP contribution in [0.3, 0.4) is 0 Å². The van der Waals surface area contributed by atoms with E-state index in [1.807, 2.05) is 36.4 Å². The van der Waals surface area contributed by atoms with Crippen molar-refractivity contribution >= 4 is 17.5 Å². The quantitative estimate of drug-likeness (QED) is 0.713. The highest BCUT2D eigenvalue weighted by atomic mass is 19.1. The van der Waals surface area contributed by atoms with Crippen molar-refractivity contribution in [3.05, 3.63) is 90.2 Å². The lowest BCUT2D eigenvalue weighted by Gasteiger charge is -2.15. The molecule has 0 radical (unpaired) electrons. The van der Waals surface area contributed by atoms with Gasteiger partial charge in [0, 0.05) is 5.56 Å². The molecule has 0 bridgehead atoms. The van der Waals surface area contributed by atoms with Gasteiger partial charge in [0.05, 0.1) is 5.69 Å². The second kappa shape index (κ2) is 8.27. The van der Waals surface area contributed by atoms with Gasteiger partial charge in [-0.2, -0.15) is 0 Å². The molecule has 2 N–H and O–H groups in total. The SMILES string of the molecule is CC(NC(=O)c1cccc(-c2ccccc2)c1)C(=O)Nc1ccccc1F. The summed E-state index contributed by atoms with van der Waals surface area (Å²) < 4.78 is 13.6. The van der Waals surface area contributed by atoms with Crippen LogP contribution in [-0.2, 0) is 4.79 Å². The van der Waals surface area contributed by atoms with E-state index in [0.29, 0.717) is 5.56 Å². The first-order chi connectivity index (χ1) is 13.0. The molecule has 136 valence electrons. The summed E-state index contributed by atoms with van der Waals surface area (Å²) >= 11 is 0. The van der Waals surface area contributed by atoms with Crippen LogP contribution in [0.4, 0.5) is 10.1 Å². The van der Waals surface area contributed by atoms with Gasteiger partial charge in [0.15, 0.2) is 0 Å². The normalized spacial score (nSPS) is 11.5. The summed E-state index contributed by atoms with van der Waals surface area (Å²) in [7, 11) is 0. The Morgan fingerprint density at radius 3 is 2.26 bits per heavy atom. The maximum Gasteiger partial charge on any atom is 0.251 e. The molecule has 3 rings (SSSR count). The number of halogens is 1. The third-order valence-corrected chi connectivity index (χ3v) is 4.10. The van der Waals surface area contributed by atoms with Crippen LogP contribution in [0.1, 0.15) is 17.3 Å². The summed E-state index contributed by atoms with van der Waals surface area (Å²) in [4.78, 5) is 24.7. The van der Waals surface area contributed by atoms with Crippen LogP contribution < -0.4 is 10.6 Å². The van der Waals surface area contributed by atoms with Gasteiger partial charge < -0.3 is 10.6 Å². The molecule has 0 aromatic heterocycles. The van der Waals surface area contributed by atoms with E-state index in [0.717, 1.165) is 11.1 Å². The van der Waals surface area contributed by atoms with Gasteiger partial charge in [-0.15, -0.1) is 0 Å². The van der Waals surface area contributed by atoms with Crippen molar-refractivity contribution in [2.45, 2.75) is 13.0 Å². The van der Waals surface area contributed by atoms with Gasteiger partial charge in [0.25, 0.3) is 5.91 Å². The minimum absolute atomic E-state index is 0.0784. The van der Waals surface area contributed by atoms with E-state index in [9.17, 15) is 14.0 Å². The molecule has 0 saturated heterocycles. The van der Waals surface area contributed by atoms with E-state index in [1.54, 1.807) is 31.2 Å². The van der Waals surface area contributed by atoms with E-state index >= 15 is 0 Å². The van der Waals surface area contributed by atoms with Crippen LogP contribution in [0.25, 0.3) is 11.1 Å². The zero-order valence-corrected chi connectivity index (χ0v) is 14.8. The number of para-hydroxylation sites is 1. The second-order valence-corrected chi connectivity index (χ2v) is 6.11. The highest BCUT2D eigenvalue weighted by Crippen LogP contribution is 2.20. The molecule has 3 aromatic carbocycles. The first kappa shape index (κ1) is 18.3. The van der Waals surface area contributed by atoms with Crippen LogP contribution in [0, 0.1) is 5.82 Å². The van der Waals surface area contributed by atoms with Crippen LogP contribution in [0.15, 0.2) is 78.9 Å². The number of carbonyl (C=O) groups excluding carboxylic acids is 2. The number of benzene rings is 3. The molecule has 3 aromatic rings. The number of nitrogens with one attached hydrogen (secondary N) is 2. The third kappa shape index (κ3) is 4.58. The molecule has 1 unspecified atom stereocenters. The average molecular weight is 362 g/mol. The molecule has 0 fully saturated rings. The molecule has 27 heavy (non-hydrogen) atoms. The van der Waals surface area contributed by atoms with Crippen molar-refractivity contribution in [2.75, 3.05) is 5.32 Å². The predicted molar refractivity (Wildman–Crippen MR) is 104 cm³/mol. The fourth-order valence-corrected chi connectivity index (χ4v) is 2.62. The van der Waals surface area contributed by atoms with Crippen molar-refractivity contribution in [2.24, 2.45) is 0 Å². The first-order valence-electron chi connectivity index (χ1n) is 8.56. The third-order valence-electron chi connectivity index (χ3n) is 4.10. The highest BCUT2D eigenvalue weighted by Gasteiger charge is 2.18. The lowest BCUT2D eigenvalue weighted by molar-refractivity contribution is -0.117. The maximum atomic E-state index is 13.6. The van der Waals surface area contributed by atoms with E-state index in [1.165, 1.54) is 18.2 Å². The van der Waals surface area contributed by atoms with Crippen molar-refractivity contribution in [1.29, 1.82) is 0 Å². The van der Waals surface area contributed by atoms with Crippen LogP contribution in [0.5, 0.6) is 0 Å². The van der Waals surface area contributed by atoms with Gasteiger partial charge in [0.1, 0.15) is 11.9 Å². The van der Waals surface area contributed by atoms with Crippen molar-refractivity contribution in [3.63, 3.8) is 0 Å². The topological polar surface area (TPSA) is 58.2 Å². The van der Waals surface area contributed by atoms with Crippen LogP contribution >= 0.6 is 0 Å². The first-order valence-corrected chi connectivity index (χ1v) is 8.56. The minimum Gasteiger partial charge on any atom is -0.341 e. The number of anilines is 1. The Morgan fingerprint density at radius 1 is 0.852 bits per heavy atom. The van der Waals surface area contributed by atoms with Gasteiger partial charge in [-0.1, -0.05) is 54.6 Å². The molecule has 5 heteroatoms. The average Bonchev–Trinajstić information content (AvgIpc) is 2.70. The van der Waals surface area contributed by atoms with Gasteiger partial charge in [-0.25, -0.2) is 4.39 Å². The Balaban J connectivity index is 1.68. The summed E-state index contributed by atoms with van der Waals surface area (Å²) in [5.74, 6) is -1.39. The van der Waals surface area contributed by atoms with Gasteiger partial charge in [0.2, 0.25) is 5.91 Å². The molecule has 1 atom stereocenters. The van der Waals surface area contributed by atoms with Gasteiger partial charge >= 0.3 is 0 Å². The summed E-state index contributed by atoms with van der Waals surface area (Å²) in [6, 6.07) is 21.9. The van der Waals surface area contributed by atoms with Crippen LogP contribution in [-0.4, -0.2) is 17.9 Å². The lowest BCUT2D eigenvalue weighted by atomic mass is 10.0. The molecular weight excluding hydrogens is 343 g/mol. The Bertz CT molecular complexity index is 957. The highest BCUT2D eigenvalue weighted by molar-refractivity contribution is 6.01. The number of hydrogen-bond donors (Lipinski definition) is 2. The molecule has 0 aliphatic rings. The number of carbonyl (C=O) groups is 2.